The maximum absolute atomic E-state index is 13.6. The summed E-state index contributed by atoms with van der Waals surface area (Å²) in [5.74, 6) is -1.81. The van der Waals surface area contributed by atoms with Crippen molar-refractivity contribution in [3.8, 4) is 0 Å². The number of halogens is 3. The van der Waals surface area contributed by atoms with Gasteiger partial charge in [0.05, 0.1) is 11.6 Å². The van der Waals surface area contributed by atoms with E-state index in [1.165, 1.54) is 6.07 Å². The first-order valence-corrected chi connectivity index (χ1v) is 7.37. The van der Waals surface area contributed by atoms with Crippen molar-refractivity contribution < 1.29 is 13.5 Å². The zero-order valence-corrected chi connectivity index (χ0v) is 12.6. The van der Waals surface area contributed by atoms with E-state index < -0.39 is 17.2 Å². The van der Waals surface area contributed by atoms with Gasteiger partial charge in [-0.2, -0.15) is 0 Å². The lowest BCUT2D eigenvalue weighted by Gasteiger charge is -2.35. The van der Waals surface area contributed by atoms with Gasteiger partial charge < -0.3 is 10.1 Å². The lowest BCUT2D eigenvalue weighted by Crippen LogP contribution is -2.41. The fourth-order valence-corrected chi connectivity index (χ4v) is 2.99. The molecule has 1 aromatic carbocycles. The molecule has 0 aliphatic carbocycles. The first-order chi connectivity index (χ1) is 9.48. The second-order valence-electron chi connectivity index (χ2n) is 5.44. The van der Waals surface area contributed by atoms with Crippen molar-refractivity contribution in [1.29, 1.82) is 0 Å². The van der Waals surface area contributed by atoms with Crippen LogP contribution in [0.25, 0.3) is 0 Å². The first kappa shape index (κ1) is 15.7. The summed E-state index contributed by atoms with van der Waals surface area (Å²) in [6, 6.07) is 1.97. The molecule has 1 saturated heterocycles. The standard InChI is InChI=1S/C15H20ClF2NO/c1-3-6-19-14(15(2)5-4-7-20-15)10-8-12(17)13(18)9-11(10)16/h8-9,14,19H,3-7H2,1-2H3. The molecule has 2 unspecified atom stereocenters. The van der Waals surface area contributed by atoms with E-state index >= 15 is 0 Å². The van der Waals surface area contributed by atoms with Gasteiger partial charge in [0.15, 0.2) is 11.6 Å². The zero-order chi connectivity index (χ0) is 14.8. The van der Waals surface area contributed by atoms with E-state index in [-0.39, 0.29) is 11.1 Å². The third kappa shape index (κ3) is 3.13. The van der Waals surface area contributed by atoms with Crippen molar-refractivity contribution >= 4 is 11.6 Å². The molecule has 2 atom stereocenters. The molecule has 1 N–H and O–H groups in total. The summed E-state index contributed by atoms with van der Waals surface area (Å²) in [7, 11) is 0. The number of ether oxygens (including phenoxy) is 1. The number of hydrogen-bond donors (Lipinski definition) is 1. The second-order valence-corrected chi connectivity index (χ2v) is 5.85. The van der Waals surface area contributed by atoms with Crippen molar-refractivity contribution in [1.82, 2.24) is 5.32 Å². The van der Waals surface area contributed by atoms with Crippen LogP contribution in [0.3, 0.4) is 0 Å². The quantitative estimate of drug-likeness (QED) is 0.822. The van der Waals surface area contributed by atoms with E-state index in [1.807, 2.05) is 6.92 Å². The predicted octanol–water partition coefficient (Wildman–Crippen LogP) is 4.23. The lowest BCUT2D eigenvalue weighted by molar-refractivity contribution is -0.0125. The van der Waals surface area contributed by atoms with E-state index in [2.05, 4.69) is 12.2 Å². The largest absolute Gasteiger partial charge is 0.373 e. The summed E-state index contributed by atoms with van der Waals surface area (Å²) in [6.45, 7) is 5.49. The van der Waals surface area contributed by atoms with Crippen LogP contribution in [0.5, 0.6) is 0 Å². The molecule has 2 nitrogen and oxygen atoms in total. The fraction of sp³-hybridized carbons (Fsp3) is 0.600. The SMILES string of the molecule is CCCNC(c1cc(F)c(F)cc1Cl)C1(C)CCCO1. The van der Waals surface area contributed by atoms with Gasteiger partial charge in [-0.05, 0) is 50.4 Å². The summed E-state index contributed by atoms with van der Waals surface area (Å²) in [5, 5.41) is 3.59. The molecule has 2 rings (SSSR count). The van der Waals surface area contributed by atoms with Gasteiger partial charge in [0.25, 0.3) is 0 Å². The Labute approximate surface area is 123 Å². The minimum Gasteiger partial charge on any atom is -0.373 e. The minimum absolute atomic E-state index is 0.231. The van der Waals surface area contributed by atoms with Crippen LogP contribution in [0, 0.1) is 11.6 Å². The molecule has 0 amide bonds. The van der Waals surface area contributed by atoms with Crippen molar-refractivity contribution in [2.24, 2.45) is 0 Å². The molecular weight excluding hydrogens is 284 g/mol. The summed E-state index contributed by atoms with van der Waals surface area (Å²) in [5.41, 5.74) is 0.117. The molecule has 0 radical (unpaired) electrons. The molecule has 0 spiro atoms. The number of hydrogen-bond acceptors (Lipinski definition) is 2. The highest BCUT2D eigenvalue weighted by molar-refractivity contribution is 6.31. The van der Waals surface area contributed by atoms with Gasteiger partial charge in [-0.25, -0.2) is 8.78 Å². The molecule has 20 heavy (non-hydrogen) atoms. The van der Waals surface area contributed by atoms with Crippen LogP contribution >= 0.6 is 11.6 Å². The third-order valence-corrected chi connectivity index (χ3v) is 4.14. The zero-order valence-electron chi connectivity index (χ0n) is 11.8. The number of rotatable bonds is 5. The molecule has 1 heterocycles. The average molecular weight is 304 g/mol. The van der Waals surface area contributed by atoms with Crippen LogP contribution in [-0.2, 0) is 4.74 Å². The van der Waals surface area contributed by atoms with Crippen molar-refractivity contribution in [2.75, 3.05) is 13.2 Å². The normalized spacial score (nSPS) is 24.1. The molecule has 0 bridgehead atoms. The molecule has 1 aliphatic heterocycles. The smallest absolute Gasteiger partial charge is 0.160 e. The third-order valence-electron chi connectivity index (χ3n) is 3.81. The number of nitrogens with one attached hydrogen (secondary N) is 1. The van der Waals surface area contributed by atoms with Gasteiger partial charge >= 0.3 is 0 Å². The fourth-order valence-electron chi connectivity index (χ4n) is 2.73. The summed E-state index contributed by atoms with van der Waals surface area (Å²) in [4.78, 5) is 0. The maximum Gasteiger partial charge on any atom is 0.160 e. The highest BCUT2D eigenvalue weighted by Gasteiger charge is 2.40. The molecule has 1 aliphatic rings. The van der Waals surface area contributed by atoms with E-state index in [0.29, 0.717) is 12.2 Å². The maximum atomic E-state index is 13.6. The Hall–Kier alpha value is -0.710. The van der Waals surface area contributed by atoms with Gasteiger partial charge in [-0.15, -0.1) is 0 Å². The van der Waals surface area contributed by atoms with Crippen LogP contribution in [0.4, 0.5) is 8.78 Å². The van der Waals surface area contributed by atoms with E-state index in [4.69, 9.17) is 16.3 Å². The van der Waals surface area contributed by atoms with Gasteiger partial charge in [-0.1, -0.05) is 18.5 Å². The molecule has 0 aromatic heterocycles. The second kappa shape index (κ2) is 6.37. The minimum atomic E-state index is -0.925. The van der Waals surface area contributed by atoms with E-state index in [9.17, 15) is 8.78 Å². The van der Waals surface area contributed by atoms with E-state index in [1.54, 1.807) is 0 Å². The highest BCUT2D eigenvalue weighted by Crippen LogP contribution is 2.40. The molecule has 5 heteroatoms. The number of benzene rings is 1. The predicted molar refractivity (Wildman–Crippen MR) is 76.0 cm³/mol. The topological polar surface area (TPSA) is 21.3 Å². The Morgan fingerprint density at radius 2 is 2.10 bits per heavy atom. The Balaban J connectivity index is 2.38. The molecule has 1 fully saturated rings. The molecule has 1 aromatic rings. The van der Waals surface area contributed by atoms with Gasteiger partial charge in [0, 0.05) is 11.6 Å². The summed E-state index contributed by atoms with van der Waals surface area (Å²) in [6.07, 6.45) is 2.76. The van der Waals surface area contributed by atoms with E-state index in [0.717, 1.165) is 31.9 Å². The summed E-state index contributed by atoms with van der Waals surface area (Å²) >= 11 is 6.11. The Bertz CT molecular complexity index is 475. The van der Waals surface area contributed by atoms with Gasteiger partial charge in [0.2, 0.25) is 0 Å². The van der Waals surface area contributed by atoms with Crippen molar-refractivity contribution in [3.05, 3.63) is 34.4 Å². The van der Waals surface area contributed by atoms with Crippen LogP contribution in [0.15, 0.2) is 12.1 Å². The van der Waals surface area contributed by atoms with Crippen molar-refractivity contribution in [3.63, 3.8) is 0 Å². The first-order valence-electron chi connectivity index (χ1n) is 6.99. The van der Waals surface area contributed by atoms with Crippen LogP contribution in [-0.4, -0.2) is 18.8 Å². The van der Waals surface area contributed by atoms with Crippen LogP contribution < -0.4 is 5.32 Å². The van der Waals surface area contributed by atoms with Gasteiger partial charge in [-0.3, -0.25) is 0 Å². The molecular formula is C15H20ClF2NO. The van der Waals surface area contributed by atoms with Crippen molar-refractivity contribution in [2.45, 2.75) is 44.8 Å². The average Bonchev–Trinajstić information content (AvgIpc) is 2.83. The Kier molecular flexibility index (Phi) is 4.99. The van der Waals surface area contributed by atoms with Crippen LogP contribution in [0.2, 0.25) is 5.02 Å². The molecule has 112 valence electrons. The van der Waals surface area contributed by atoms with Gasteiger partial charge in [0.1, 0.15) is 0 Å². The highest BCUT2D eigenvalue weighted by atomic mass is 35.5. The van der Waals surface area contributed by atoms with Crippen LogP contribution in [0.1, 0.15) is 44.7 Å². The molecule has 0 saturated carbocycles. The monoisotopic (exact) mass is 303 g/mol. The Morgan fingerprint density at radius 1 is 1.40 bits per heavy atom. The Morgan fingerprint density at radius 3 is 2.70 bits per heavy atom. The lowest BCUT2D eigenvalue weighted by atomic mass is 9.87. The summed E-state index contributed by atoms with van der Waals surface area (Å²) < 4.78 is 32.6.